The van der Waals surface area contributed by atoms with Crippen LogP contribution in [0.15, 0.2) is 12.3 Å². The van der Waals surface area contributed by atoms with Gasteiger partial charge in [-0.3, -0.25) is 0 Å². The molecule has 0 aliphatic heterocycles. The van der Waals surface area contributed by atoms with Crippen LogP contribution in [0.4, 0.5) is 0 Å². The van der Waals surface area contributed by atoms with Gasteiger partial charge in [-0.2, -0.15) is 0 Å². The molecule has 1 nitrogen and oxygen atoms in total. The molecule has 0 amide bonds. The lowest BCUT2D eigenvalue weighted by Gasteiger charge is -2.35. The minimum absolute atomic E-state index is 1.15. The van der Waals surface area contributed by atoms with Crippen LogP contribution < -0.4 is 0 Å². The van der Waals surface area contributed by atoms with E-state index in [9.17, 15) is 0 Å². The third-order valence-corrected chi connectivity index (χ3v) is 7.88. The number of nitrogens with zero attached hydrogens (tertiary/aromatic N) is 1. The maximum absolute atomic E-state index is 3.96. The highest BCUT2D eigenvalue weighted by Crippen LogP contribution is 2.19. The van der Waals surface area contributed by atoms with Gasteiger partial charge in [0.05, 0.1) is 0 Å². The highest BCUT2D eigenvalue weighted by molar-refractivity contribution is 6.81. The summed E-state index contributed by atoms with van der Waals surface area (Å²) in [5.41, 5.74) is 2.22. The van der Waals surface area contributed by atoms with E-state index in [4.69, 9.17) is 0 Å². The Bertz CT molecular complexity index is 119. The van der Waals surface area contributed by atoms with Crippen LogP contribution in [0.5, 0.6) is 0 Å². The minimum Gasteiger partial charge on any atom is -0.323 e. The van der Waals surface area contributed by atoms with Crippen LogP contribution in [0.1, 0.15) is 20.8 Å². The summed E-state index contributed by atoms with van der Waals surface area (Å²) in [7, 11) is 1.000. The lowest BCUT2D eigenvalue weighted by Crippen LogP contribution is -2.48. The zero-order chi connectivity index (χ0) is 8.91. The molecule has 11 heavy (non-hydrogen) atoms. The molecule has 0 aromatic heterocycles. The summed E-state index contributed by atoms with van der Waals surface area (Å²) < 4.78 is 2.50. The van der Waals surface area contributed by atoms with E-state index in [1.807, 2.05) is 0 Å². The zero-order valence-corrected chi connectivity index (χ0v) is 9.35. The predicted molar refractivity (Wildman–Crippen MR) is 55.2 cm³/mol. The van der Waals surface area contributed by atoms with Gasteiger partial charge in [-0.25, -0.2) is 0 Å². The molecular weight excluding hydrogens is 150 g/mol. The molecule has 0 radical (unpaired) electrons. The SMILES string of the molecule is C=C[Si](CC)(CC)N(C)CC. The van der Waals surface area contributed by atoms with Crippen molar-refractivity contribution in [3.63, 3.8) is 0 Å². The summed E-state index contributed by atoms with van der Waals surface area (Å²) in [6, 6.07) is 2.58. The smallest absolute Gasteiger partial charge is 0.151 e. The van der Waals surface area contributed by atoms with Crippen molar-refractivity contribution >= 4 is 8.24 Å². The van der Waals surface area contributed by atoms with E-state index < -0.39 is 8.24 Å². The van der Waals surface area contributed by atoms with Crippen LogP contribution in [0.2, 0.25) is 12.1 Å². The van der Waals surface area contributed by atoms with Gasteiger partial charge in [-0.1, -0.05) is 26.5 Å². The van der Waals surface area contributed by atoms with Gasteiger partial charge in [-0.05, 0) is 25.7 Å². The lowest BCUT2D eigenvalue weighted by atomic mass is 10.8. The Labute approximate surface area is 72.2 Å². The molecule has 0 aliphatic rings. The van der Waals surface area contributed by atoms with Crippen LogP contribution in [0.3, 0.4) is 0 Å². The largest absolute Gasteiger partial charge is 0.323 e. The van der Waals surface area contributed by atoms with Gasteiger partial charge in [-0.15, -0.1) is 6.58 Å². The molecule has 0 saturated carbocycles. The Morgan fingerprint density at radius 3 is 1.82 bits per heavy atom. The summed E-state index contributed by atoms with van der Waals surface area (Å²) in [6.07, 6.45) is 0. The molecule has 0 aromatic rings. The van der Waals surface area contributed by atoms with Crippen molar-refractivity contribution in [2.45, 2.75) is 32.9 Å². The summed E-state index contributed by atoms with van der Waals surface area (Å²) in [5, 5.41) is 0. The quantitative estimate of drug-likeness (QED) is 0.575. The number of hydrogen-bond donors (Lipinski definition) is 0. The molecule has 66 valence electrons. The first kappa shape index (κ1) is 10.9. The molecule has 0 heterocycles. The van der Waals surface area contributed by atoms with Crippen molar-refractivity contribution in [1.82, 2.24) is 4.57 Å². The van der Waals surface area contributed by atoms with Crippen LogP contribution in [-0.4, -0.2) is 26.4 Å². The van der Waals surface area contributed by atoms with Crippen LogP contribution in [0.25, 0.3) is 0 Å². The molecule has 0 N–H and O–H groups in total. The maximum Gasteiger partial charge on any atom is 0.151 e. The Morgan fingerprint density at radius 1 is 1.27 bits per heavy atom. The monoisotopic (exact) mass is 171 g/mol. The predicted octanol–water partition coefficient (Wildman–Crippen LogP) is 2.65. The molecule has 2 heteroatoms. The molecule has 0 aliphatic carbocycles. The van der Waals surface area contributed by atoms with E-state index in [2.05, 4.69) is 44.7 Å². The standard InChI is InChI=1S/C9H21NSi/c1-6-10(5)11(7-2,8-3)9-4/h7H,2,6,8-9H2,1,3-5H3. The fraction of sp³-hybridized carbons (Fsp3) is 0.778. The van der Waals surface area contributed by atoms with E-state index in [1.165, 1.54) is 12.1 Å². The summed E-state index contributed by atoms with van der Waals surface area (Å²) in [4.78, 5) is 0. The second-order valence-corrected chi connectivity index (χ2v) is 7.82. The second kappa shape index (κ2) is 4.73. The van der Waals surface area contributed by atoms with E-state index >= 15 is 0 Å². The lowest BCUT2D eigenvalue weighted by molar-refractivity contribution is 0.533. The summed E-state index contributed by atoms with van der Waals surface area (Å²) in [6.45, 7) is 11.9. The normalized spacial score (nSPS) is 12.1. The van der Waals surface area contributed by atoms with Crippen molar-refractivity contribution in [3.8, 4) is 0 Å². The van der Waals surface area contributed by atoms with Crippen molar-refractivity contribution in [1.29, 1.82) is 0 Å². The number of hydrogen-bond acceptors (Lipinski definition) is 1. The Hall–Kier alpha value is -0.0831. The van der Waals surface area contributed by atoms with Crippen molar-refractivity contribution < 1.29 is 0 Å². The fourth-order valence-electron chi connectivity index (χ4n) is 1.55. The Balaban J connectivity index is 4.38. The average Bonchev–Trinajstić information content (AvgIpc) is 2.08. The molecular formula is C9H21NSi. The van der Waals surface area contributed by atoms with Gasteiger partial charge in [0.25, 0.3) is 0 Å². The molecule has 0 rings (SSSR count). The molecule has 0 bridgehead atoms. The fourth-order valence-corrected chi connectivity index (χ4v) is 4.65. The molecule has 0 aromatic carbocycles. The summed E-state index contributed by atoms with van der Waals surface area (Å²) in [5.74, 6) is 0. The van der Waals surface area contributed by atoms with Crippen LogP contribution in [0, 0.1) is 0 Å². The molecule has 0 spiro atoms. The van der Waals surface area contributed by atoms with Crippen molar-refractivity contribution in [2.75, 3.05) is 13.6 Å². The van der Waals surface area contributed by atoms with Crippen LogP contribution >= 0.6 is 0 Å². The molecule has 0 atom stereocenters. The van der Waals surface area contributed by atoms with Crippen molar-refractivity contribution in [3.05, 3.63) is 12.3 Å². The first-order valence-electron chi connectivity index (χ1n) is 4.51. The van der Waals surface area contributed by atoms with Gasteiger partial charge in [0, 0.05) is 0 Å². The highest BCUT2D eigenvalue weighted by atomic mass is 28.3. The second-order valence-electron chi connectivity index (χ2n) is 3.03. The Morgan fingerprint density at radius 2 is 1.73 bits per heavy atom. The molecule has 0 fully saturated rings. The maximum atomic E-state index is 3.96. The third kappa shape index (κ3) is 2.17. The first-order chi connectivity index (χ1) is 5.16. The van der Waals surface area contributed by atoms with Gasteiger partial charge in [0.15, 0.2) is 8.24 Å². The minimum atomic E-state index is -1.22. The zero-order valence-electron chi connectivity index (χ0n) is 8.35. The third-order valence-electron chi connectivity index (χ3n) is 2.84. The van der Waals surface area contributed by atoms with Gasteiger partial charge < -0.3 is 4.57 Å². The Kier molecular flexibility index (Phi) is 4.69. The van der Waals surface area contributed by atoms with Gasteiger partial charge in [0.2, 0.25) is 0 Å². The summed E-state index contributed by atoms with van der Waals surface area (Å²) >= 11 is 0. The highest BCUT2D eigenvalue weighted by Gasteiger charge is 2.29. The average molecular weight is 171 g/mol. The number of rotatable bonds is 5. The van der Waals surface area contributed by atoms with Crippen LogP contribution in [-0.2, 0) is 0 Å². The van der Waals surface area contributed by atoms with E-state index in [-0.39, 0.29) is 0 Å². The van der Waals surface area contributed by atoms with Gasteiger partial charge >= 0.3 is 0 Å². The van der Waals surface area contributed by atoms with Gasteiger partial charge in [0.1, 0.15) is 0 Å². The molecule has 0 unspecified atom stereocenters. The van der Waals surface area contributed by atoms with E-state index in [0.717, 1.165) is 6.54 Å². The first-order valence-corrected chi connectivity index (χ1v) is 6.95. The molecule has 0 saturated heterocycles. The van der Waals surface area contributed by atoms with E-state index in [1.54, 1.807) is 0 Å². The van der Waals surface area contributed by atoms with E-state index in [0.29, 0.717) is 0 Å². The topological polar surface area (TPSA) is 3.24 Å². The van der Waals surface area contributed by atoms with Crippen molar-refractivity contribution in [2.24, 2.45) is 0 Å².